The summed E-state index contributed by atoms with van der Waals surface area (Å²) in [5, 5.41) is 3.89. The van der Waals surface area contributed by atoms with Crippen LogP contribution in [-0.2, 0) is 9.57 Å². The molecule has 0 aromatic rings. The highest BCUT2D eigenvalue weighted by atomic mass is 79.9. The fraction of sp³-hybridized carbons (Fsp3) is 0.833. The van der Waals surface area contributed by atoms with Crippen molar-refractivity contribution in [2.24, 2.45) is 11.1 Å². The molecule has 18 heavy (non-hydrogen) atoms. The van der Waals surface area contributed by atoms with E-state index in [2.05, 4.69) is 21.1 Å². The van der Waals surface area contributed by atoms with Crippen molar-refractivity contribution in [2.45, 2.75) is 45.3 Å². The Labute approximate surface area is 116 Å². The zero-order chi connectivity index (χ0) is 13.3. The Morgan fingerprint density at radius 3 is 2.83 bits per heavy atom. The summed E-state index contributed by atoms with van der Waals surface area (Å²) in [6.07, 6.45) is 1.60. The quantitative estimate of drug-likeness (QED) is 0.747. The van der Waals surface area contributed by atoms with Crippen molar-refractivity contribution < 1.29 is 14.4 Å². The lowest BCUT2D eigenvalue weighted by Crippen LogP contribution is -2.36. The van der Waals surface area contributed by atoms with E-state index < -0.39 is 5.60 Å². The van der Waals surface area contributed by atoms with Crippen molar-refractivity contribution >= 4 is 26.6 Å². The average molecular weight is 319 g/mol. The van der Waals surface area contributed by atoms with Crippen LogP contribution in [0.2, 0.25) is 0 Å². The minimum absolute atomic E-state index is 0.0896. The van der Waals surface area contributed by atoms with Crippen LogP contribution < -0.4 is 0 Å². The number of rotatable bonds is 1. The summed E-state index contributed by atoms with van der Waals surface area (Å²) >= 11 is 3.33. The molecular formula is C12H19BrN2O3. The maximum Gasteiger partial charge on any atom is 0.410 e. The fourth-order valence-electron chi connectivity index (χ4n) is 2.20. The maximum atomic E-state index is 11.9. The van der Waals surface area contributed by atoms with Crippen LogP contribution in [0.5, 0.6) is 0 Å². The van der Waals surface area contributed by atoms with Crippen LogP contribution in [0.3, 0.4) is 0 Å². The summed E-state index contributed by atoms with van der Waals surface area (Å²) in [5.74, 6) is 0.344. The van der Waals surface area contributed by atoms with E-state index in [1.807, 2.05) is 20.8 Å². The minimum atomic E-state index is -0.439. The predicted octanol–water partition coefficient (Wildman–Crippen LogP) is 2.74. The lowest BCUT2D eigenvalue weighted by atomic mass is 10.00. The summed E-state index contributed by atoms with van der Waals surface area (Å²) in [6, 6.07) is 0. The van der Waals surface area contributed by atoms with Gasteiger partial charge in [0.15, 0.2) is 0 Å². The number of carbonyl (C=O) groups is 1. The first-order chi connectivity index (χ1) is 8.35. The number of likely N-dealkylation sites (tertiary alicyclic amines) is 1. The summed E-state index contributed by atoms with van der Waals surface area (Å²) in [4.78, 5) is 19.0. The highest BCUT2D eigenvalue weighted by Crippen LogP contribution is 2.29. The Balaban J connectivity index is 1.83. The van der Waals surface area contributed by atoms with Crippen molar-refractivity contribution in [1.82, 2.24) is 4.90 Å². The van der Waals surface area contributed by atoms with Gasteiger partial charge in [-0.25, -0.2) is 4.79 Å². The van der Waals surface area contributed by atoms with Crippen molar-refractivity contribution in [3.05, 3.63) is 0 Å². The van der Waals surface area contributed by atoms with E-state index >= 15 is 0 Å². The van der Waals surface area contributed by atoms with Crippen LogP contribution in [0.4, 0.5) is 4.79 Å². The molecule has 2 aliphatic heterocycles. The molecule has 2 heterocycles. The molecule has 1 fully saturated rings. The van der Waals surface area contributed by atoms with Gasteiger partial charge in [-0.1, -0.05) is 5.16 Å². The van der Waals surface area contributed by atoms with E-state index in [0.29, 0.717) is 12.5 Å². The molecular weight excluding hydrogens is 300 g/mol. The van der Waals surface area contributed by atoms with Gasteiger partial charge in [-0.2, -0.15) is 0 Å². The molecule has 5 nitrogen and oxygen atoms in total. The highest BCUT2D eigenvalue weighted by Gasteiger charge is 2.37. The zero-order valence-electron chi connectivity index (χ0n) is 11.0. The van der Waals surface area contributed by atoms with E-state index in [9.17, 15) is 4.79 Å². The molecule has 0 aromatic carbocycles. The highest BCUT2D eigenvalue weighted by molar-refractivity contribution is 9.18. The van der Waals surface area contributed by atoms with Crippen LogP contribution in [-0.4, -0.2) is 40.4 Å². The van der Waals surface area contributed by atoms with E-state index in [-0.39, 0.29) is 12.2 Å². The molecule has 0 saturated carbocycles. The van der Waals surface area contributed by atoms with Gasteiger partial charge in [-0.3, -0.25) is 0 Å². The van der Waals surface area contributed by atoms with Gasteiger partial charge < -0.3 is 14.5 Å². The smallest absolute Gasteiger partial charge is 0.410 e. The van der Waals surface area contributed by atoms with Crippen LogP contribution in [0, 0.1) is 5.92 Å². The van der Waals surface area contributed by atoms with Crippen LogP contribution >= 0.6 is 15.9 Å². The summed E-state index contributed by atoms with van der Waals surface area (Å²) < 4.78 is 6.21. The van der Waals surface area contributed by atoms with Crippen molar-refractivity contribution in [3.8, 4) is 0 Å². The average Bonchev–Trinajstić information content (AvgIpc) is 2.82. The molecule has 2 aliphatic rings. The van der Waals surface area contributed by atoms with Crippen molar-refractivity contribution in [3.63, 3.8) is 0 Å². The predicted molar refractivity (Wildman–Crippen MR) is 71.8 cm³/mol. The first kappa shape index (κ1) is 13.6. The molecule has 0 bridgehead atoms. The number of halogens is 1. The number of ether oxygens (including phenoxy) is 1. The van der Waals surface area contributed by atoms with Gasteiger partial charge in [0.1, 0.15) is 16.3 Å². The third-order valence-corrected chi connectivity index (χ3v) is 3.53. The third-order valence-electron chi connectivity index (χ3n) is 3.06. The largest absolute Gasteiger partial charge is 0.444 e. The lowest BCUT2D eigenvalue weighted by Gasteiger charge is -2.24. The van der Waals surface area contributed by atoms with E-state index in [1.54, 1.807) is 4.90 Å². The second kappa shape index (κ2) is 5.07. The molecule has 0 radical (unpaired) electrons. The minimum Gasteiger partial charge on any atom is -0.444 e. The van der Waals surface area contributed by atoms with E-state index in [0.717, 1.165) is 24.0 Å². The number of amides is 1. The first-order valence-corrected chi connectivity index (χ1v) is 7.00. The molecule has 102 valence electrons. The SMILES string of the molecule is CC(C)(C)OC(=O)N1CC[C@@H](C2CC(Br)=NO2)C1. The second-order valence-corrected chi connectivity index (χ2v) is 6.71. The Morgan fingerprint density at radius 2 is 2.28 bits per heavy atom. The standard InChI is InChI=1S/C12H19BrN2O3/c1-12(2,3)17-11(16)15-5-4-8(7-15)9-6-10(13)14-18-9/h8-9H,4-7H2,1-3H3/t8-,9?/m1/s1. The molecule has 0 spiro atoms. The second-order valence-electron chi connectivity index (χ2n) is 5.79. The van der Waals surface area contributed by atoms with Crippen LogP contribution in [0.15, 0.2) is 5.16 Å². The van der Waals surface area contributed by atoms with Crippen molar-refractivity contribution in [1.29, 1.82) is 0 Å². The molecule has 0 N–H and O–H groups in total. The van der Waals surface area contributed by atoms with E-state index in [1.165, 1.54) is 0 Å². The molecule has 6 heteroatoms. The third kappa shape index (κ3) is 3.37. The molecule has 0 aromatic heterocycles. The Hall–Kier alpha value is -0.780. The van der Waals surface area contributed by atoms with Gasteiger partial charge in [-0.05, 0) is 43.1 Å². The number of hydrogen-bond donors (Lipinski definition) is 0. The first-order valence-electron chi connectivity index (χ1n) is 6.21. The molecule has 1 unspecified atom stereocenters. The topological polar surface area (TPSA) is 51.1 Å². The van der Waals surface area contributed by atoms with Crippen LogP contribution in [0.1, 0.15) is 33.6 Å². The summed E-state index contributed by atoms with van der Waals surface area (Å²) in [7, 11) is 0. The fourth-order valence-corrected chi connectivity index (χ4v) is 2.60. The Morgan fingerprint density at radius 1 is 1.56 bits per heavy atom. The molecule has 1 amide bonds. The zero-order valence-corrected chi connectivity index (χ0v) is 12.6. The molecule has 2 atom stereocenters. The molecule has 2 rings (SSSR count). The molecule has 1 saturated heterocycles. The van der Waals surface area contributed by atoms with Crippen molar-refractivity contribution in [2.75, 3.05) is 13.1 Å². The number of nitrogens with zero attached hydrogens (tertiary/aromatic N) is 2. The number of carbonyl (C=O) groups excluding carboxylic acids is 1. The molecule has 0 aliphatic carbocycles. The van der Waals surface area contributed by atoms with Gasteiger partial charge in [-0.15, -0.1) is 0 Å². The van der Waals surface area contributed by atoms with Gasteiger partial charge in [0, 0.05) is 25.4 Å². The van der Waals surface area contributed by atoms with E-state index in [4.69, 9.17) is 9.57 Å². The Kier molecular flexibility index (Phi) is 3.84. The Bertz CT molecular complexity index is 365. The van der Waals surface area contributed by atoms with Crippen LogP contribution in [0.25, 0.3) is 0 Å². The lowest BCUT2D eigenvalue weighted by molar-refractivity contribution is 0.0219. The summed E-state index contributed by atoms with van der Waals surface area (Å²) in [5.41, 5.74) is -0.439. The maximum absolute atomic E-state index is 11.9. The number of oxime groups is 1. The summed E-state index contributed by atoms with van der Waals surface area (Å²) in [6.45, 7) is 7.06. The number of hydrogen-bond acceptors (Lipinski definition) is 4. The monoisotopic (exact) mass is 318 g/mol. The van der Waals surface area contributed by atoms with Gasteiger partial charge >= 0.3 is 6.09 Å². The van der Waals surface area contributed by atoms with Gasteiger partial charge in [0.05, 0.1) is 0 Å². The van der Waals surface area contributed by atoms with Gasteiger partial charge in [0.25, 0.3) is 0 Å². The van der Waals surface area contributed by atoms with Gasteiger partial charge in [0.2, 0.25) is 0 Å². The normalized spacial score (nSPS) is 28.0.